The Labute approximate surface area is 172 Å². The normalized spacial score (nSPS) is 23.8. The largest absolute Gasteiger partial charge is 0.375 e. The monoisotopic (exact) mass is 402 g/mol. The Hall–Kier alpha value is -1.73. The first kappa shape index (κ1) is 20.5. The van der Waals surface area contributed by atoms with Crippen LogP contribution in [0.1, 0.15) is 74.5 Å². The minimum atomic E-state index is -0.148. The molecular weight excluding hydrogens is 368 g/mol. The number of methoxy groups -OCH3 is 1. The molecule has 2 fully saturated rings. The molecule has 29 heavy (non-hydrogen) atoms. The molecule has 1 aromatic rings. The predicted molar refractivity (Wildman–Crippen MR) is 111 cm³/mol. The number of H-pyrrole nitrogens is 1. The van der Waals surface area contributed by atoms with E-state index in [9.17, 15) is 9.59 Å². The van der Waals surface area contributed by atoms with Crippen molar-refractivity contribution in [2.75, 3.05) is 33.4 Å². The van der Waals surface area contributed by atoms with Gasteiger partial charge in [0.25, 0.3) is 5.56 Å². The first-order valence-corrected chi connectivity index (χ1v) is 11.3. The van der Waals surface area contributed by atoms with Gasteiger partial charge in [0.15, 0.2) is 0 Å². The van der Waals surface area contributed by atoms with E-state index in [0.717, 1.165) is 55.9 Å². The Kier molecular flexibility index (Phi) is 6.65. The minimum absolute atomic E-state index is 0.0249. The number of nitrogens with zero attached hydrogens (tertiary/aromatic N) is 3. The molecule has 0 unspecified atom stereocenters. The van der Waals surface area contributed by atoms with Gasteiger partial charge >= 0.3 is 0 Å². The fourth-order valence-electron chi connectivity index (χ4n) is 5.27. The maximum atomic E-state index is 12.9. The lowest BCUT2D eigenvalue weighted by Crippen LogP contribution is -2.43. The van der Waals surface area contributed by atoms with E-state index in [1.54, 1.807) is 0 Å². The van der Waals surface area contributed by atoms with Crippen LogP contribution in [0.5, 0.6) is 0 Å². The van der Waals surface area contributed by atoms with Crippen LogP contribution < -0.4 is 5.56 Å². The number of carbonyl (C=O) groups excluding carboxylic acids is 1. The molecule has 1 atom stereocenters. The molecule has 3 aliphatic rings. The van der Waals surface area contributed by atoms with Gasteiger partial charge < -0.3 is 14.6 Å². The number of carbonyl (C=O) groups is 1. The summed E-state index contributed by atoms with van der Waals surface area (Å²) in [5.74, 6) is 1.40. The Bertz CT molecular complexity index is 772. The molecule has 0 spiro atoms. The van der Waals surface area contributed by atoms with Crippen molar-refractivity contribution < 1.29 is 9.53 Å². The van der Waals surface area contributed by atoms with E-state index < -0.39 is 0 Å². The van der Waals surface area contributed by atoms with Crippen molar-refractivity contribution in [1.29, 1.82) is 0 Å². The van der Waals surface area contributed by atoms with Crippen molar-refractivity contribution in [3.63, 3.8) is 0 Å². The molecule has 1 amide bonds. The molecule has 1 aliphatic carbocycles. The summed E-state index contributed by atoms with van der Waals surface area (Å²) in [6.07, 6.45) is 10.4. The molecule has 4 rings (SSSR count). The van der Waals surface area contributed by atoms with Crippen LogP contribution in [0.25, 0.3) is 0 Å². The number of ether oxygens (including phenoxy) is 1. The summed E-state index contributed by atoms with van der Waals surface area (Å²) in [7, 11) is 1.54. The average Bonchev–Trinajstić information content (AvgIpc) is 2.75. The lowest BCUT2D eigenvalue weighted by Gasteiger charge is -2.36. The van der Waals surface area contributed by atoms with Crippen LogP contribution in [0.3, 0.4) is 0 Å². The number of aromatic amines is 1. The molecule has 160 valence electrons. The van der Waals surface area contributed by atoms with Crippen molar-refractivity contribution >= 4 is 5.91 Å². The smallest absolute Gasteiger partial charge is 0.255 e. The number of piperidine rings is 1. The summed E-state index contributed by atoms with van der Waals surface area (Å²) in [6, 6.07) is -0.148. The SMILES string of the molecule is COCC(=O)N1CCCC[C@H]1c1nc2c(c(=O)[nH]1)CN(CC1CCCCC1)CC2. The highest BCUT2D eigenvalue weighted by atomic mass is 16.5. The van der Waals surface area contributed by atoms with E-state index in [1.807, 2.05) is 4.90 Å². The van der Waals surface area contributed by atoms with E-state index in [0.29, 0.717) is 18.9 Å². The topological polar surface area (TPSA) is 78.5 Å². The zero-order valence-electron chi connectivity index (χ0n) is 17.6. The fraction of sp³-hybridized carbons (Fsp3) is 0.773. The quantitative estimate of drug-likeness (QED) is 0.818. The molecule has 0 radical (unpaired) electrons. The van der Waals surface area contributed by atoms with E-state index in [-0.39, 0.29) is 24.1 Å². The van der Waals surface area contributed by atoms with Gasteiger partial charge in [0.05, 0.1) is 17.3 Å². The Morgan fingerprint density at radius 3 is 2.72 bits per heavy atom. The van der Waals surface area contributed by atoms with E-state index in [1.165, 1.54) is 39.2 Å². The molecular formula is C22H34N4O3. The summed E-state index contributed by atoms with van der Waals surface area (Å²) in [5.41, 5.74) is 1.72. The summed E-state index contributed by atoms with van der Waals surface area (Å²) >= 11 is 0. The number of amides is 1. The minimum Gasteiger partial charge on any atom is -0.375 e. The van der Waals surface area contributed by atoms with Gasteiger partial charge in [-0.25, -0.2) is 4.98 Å². The first-order valence-electron chi connectivity index (χ1n) is 11.3. The van der Waals surface area contributed by atoms with Crippen molar-refractivity contribution in [2.45, 2.75) is 70.4 Å². The molecule has 2 aliphatic heterocycles. The standard InChI is InChI=1S/C22H34N4O3/c1-29-15-20(27)26-11-6-5-9-19(26)21-23-18-10-12-25(14-17(18)22(28)24-21)13-16-7-3-2-4-8-16/h16,19H,2-15H2,1H3,(H,23,24,28)/t19-/m0/s1. The van der Waals surface area contributed by atoms with Crippen LogP contribution in [0.4, 0.5) is 0 Å². The fourth-order valence-corrected chi connectivity index (χ4v) is 5.27. The van der Waals surface area contributed by atoms with Crippen molar-refractivity contribution in [3.8, 4) is 0 Å². The highest BCUT2D eigenvalue weighted by Gasteiger charge is 2.31. The number of likely N-dealkylation sites (tertiary alicyclic amines) is 1. The number of hydrogen-bond acceptors (Lipinski definition) is 5. The second kappa shape index (κ2) is 9.39. The number of rotatable bonds is 5. The van der Waals surface area contributed by atoms with Crippen molar-refractivity contribution in [2.24, 2.45) is 5.92 Å². The summed E-state index contributed by atoms with van der Waals surface area (Å²) in [6.45, 7) is 3.54. The molecule has 0 bridgehead atoms. The third-order valence-electron chi connectivity index (χ3n) is 6.81. The van der Waals surface area contributed by atoms with Gasteiger partial charge in [-0.05, 0) is 38.0 Å². The Morgan fingerprint density at radius 2 is 1.93 bits per heavy atom. The van der Waals surface area contributed by atoms with E-state index in [2.05, 4.69) is 9.88 Å². The van der Waals surface area contributed by atoms with Crippen LogP contribution in [-0.4, -0.2) is 59.0 Å². The van der Waals surface area contributed by atoms with Gasteiger partial charge in [0.1, 0.15) is 12.4 Å². The van der Waals surface area contributed by atoms with Crippen LogP contribution in [0, 0.1) is 5.92 Å². The van der Waals surface area contributed by atoms with Crippen molar-refractivity contribution in [3.05, 3.63) is 27.4 Å². The number of nitrogens with one attached hydrogen (secondary N) is 1. The lowest BCUT2D eigenvalue weighted by molar-refractivity contribution is -0.139. The molecule has 1 saturated heterocycles. The molecule has 1 N–H and O–H groups in total. The van der Waals surface area contributed by atoms with E-state index >= 15 is 0 Å². The Balaban J connectivity index is 1.49. The molecule has 7 nitrogen and oxygen atoms in total. The predicted octanol–water partition coefficient (Wildman–Crippen LogP) is 2.41. The van der Waals surface area contributed by atoms with Gasteiger partial charge in [0, 0.05) is 39.7 Å². The molecule has 3 heterocycles. The van der Waals surface area contributed by atoms with Gasteiger partial charge in [0.2, 0.25) is 5.91 Å². The second-order valence-electron chi connectivity index (χ2n) is 8.90. The van der Waals surface area contributed by atoms with Gasteiger partial charge in [-0.15, -0.1) is 0 Å². The maximum absolute atomic E-state index is 12.9. The molecule has 0 aromatic carbocycles. The third kappa shape index (κ3) is 4.72. The zero-order chi connectivity index (χ0) is 20.2. The van der Waals surface area contributed by atoms with Crippen LogP contribution >= 0.6 is 0 Å². The molecule has 7 heteroatoms. The highest BCUT2D eigenvalue weighted by molar-refractivity contribution is 5.78. The van der Waals surface area contributed by atoms with Crippen molar-refractivity contribution in [1.82, 2.24) is 19.8 Å². The van der Waals surface area contributed by atoms with Crippen LogP contribution in [-0.2, 0) is 22.5 Å². The summed E-state index contributed by atoms with van der Waals surface area (Å²) < 4.78 is 5.04. The third-order valence-corrected chi connectivity index (χ3v) is 6.81. The maximum Gasteiger partial charge on any atom is 0.255 e. The van der Waals surface area contributed by atoms with E-state index in [4.69, 9.17) is 9.72 Å². The lowest BCUT2D eigenvalue weighted by atomic mass is 9.88. The molecule has 1 aromatic heterocycles. The molecule has 1 saturated carbocycles. The average molecular weight is 403 g/mol. The number of aromatic nitrogens is 2. The summed E-state index contributed by atoms with van der Waals surface area (Å²) in [5, 5.41) is 0. The number of hydrogen-bond donors (Lipinski definition) is 1. The second-order valence-corrected chi connectivity index (χ2v) is 8.90. The zero-order valence-corrected chi connectivity index (χ0v) is 17.6. The first-order chi connectivity index (χ1) is 14.2. The van der Waals surface area contributed by atoms with Gasteiger partial charge in [-0.2, -0.15) is 0 Å². The summed E-state index contributed by atoms with van der Waals surface area (Å²) in [4.78, 5) is 37.5. The van der Waals surface area contributed by atoms with Gasteiger partial charge in [-0.1, -0.05) is 19.3 Å². The highest BCUT2D eigenvalue weighted by Crippen LogP contribution is 2.30. The van der Waals surface area contributed by atoms with Gasteiger partial charge in [-0.3, -0.25) is 14.5 Å². The Morgan fingerprint density at radius 1 is 1.14 bits per heavy atom. The number of fused-ring (bicyclic) bond motifs is 1. The van der Waals surface area contributed by atoms with Crippen LogP contribution in [0.2, 0.25) is 0 Å². The van der Waals surface area contributed by atoms with Crippen LogP contribution in [0.15, 0.2) is 4.79 Å².